The summed E-state index contributed by atoms with van der Waals surface area (Å²) in [6.45, 7) is 3.33. The van der Waals surface area contributed by atoms with Crippen LogP contribution in [-0.4, -0.2) is 42.0 Å². The van der Waals surface area contributed by atoms with Crippen LogP contribution in [0.25, 0.3) is 0 Å². The lowest BCUT2D eigenvalue weighted by atomic mass is 9.98. The summed E-state index contributed by atoms with van der Waals surface area (Å²) in [5.41, 5.74) is 6.00. The summed E-state index contributed by atoms with van der Waals surface area (Å²) >= 11 is 0. The molecule has 86 valence electrons. The zero-order valence-corrected chi connectivity index (χ0v) is 9.41. The van der Waals surface area contributed by atoms with E-state index in [1.165, 1.54) is 12.8 Å². The van der Waals surface area contributed by atoms with Gasteiger partial charge in [-0.3, -0.25) is 9.69 Å². The highest BCUT2D eigenvalue weighted by molar-refractivity contribution is 5.72. The van der Waals surface area contributed by atoms with E-state index in [1.807, 2.05) is 0 Å². The molecule has 2 bridgehead atoms. The first-order valence-corrected chi connectivity index (χ1v) is 5.92. The van der Waals surface area contributed by atoms with E-state index in [0.29, 0.717) is 18.1 Å². The fourth-order valence-electron chi connectivity index (χ4n) is 3.04. The molecule has 2 heterocycles. The van der Waals surface area contributed by atoms with E-state index in [1.54, 1.807) is 6.92 Å². The Kier molecular flexibility index (Phi) is 3.26. The van der Waals surface area contributed by atoms with Gasteiger partial charge in [0.15, 0.2) is 0 Å². The van der Waals surface area contributed by atoms with Gasteiger partial charge in [-0.15, -0.1) is 0 Å². The molecule has 0 aromatic rings. The Balaban J connectivity index is 1.81. The lowest BCUT2D eigenvalue weighted by Gasteiger charge is -2.37. The van der Waals surface area contributed by atoms with Gasteiger partial charge in [0.1, 0.15) is 0 Å². The fraction of sp³-hybridized carbons (Fsp3) is 0.909. The van der Waals surface area contributed by atoms with E-state index in [0.717, 1.165) is 25.9 Å². The smallest absolute Gasteiger partial charge is 0.216 e. The van der Waals surface area contributed by atoms with Crippen LogP contribution in [0.3, 0.4) is 0 Å². The predicted octanol–water partition coefficient (Wildman–Crippen LogP) is 0.0766. The summed E-state index contributed by atoms with van der Waals surface area (Å²) in [4.78, 5) is 13.3. The Morgan fingerprint density at radius 1 is 1.40 bits per heavy atom. The normalized spacial score (nSPS) is 35.5. The molecule has 2 rings (SSSR count). The van der Waals surface area contributed by atoms with Gasteiger partial charge in [0.05, 0.1) is 0 Å². The number of hydrogen-bond acceptors (Lipinski definition) is 3. The summed E-state index contributed by atoms with van der Waals surface area (Å²) in [7, 11) is 0. The first-order chi connectivity index (χ1) is 7.16. The average Bonchev–Trinajstić information content (AvgIpc) is 2.42. The number of nitrogens with zero attached hydrogens (tertiary/aromatic N) is 1. The molecule has 0 aliphatic carbocycles. The molecule has 2 fully saturated rings. The van der Waals surface area contributed by atoms with Crippen LogP contribution >= 0.6 is 0 Å². The molecule has 2 atom stereocenters. The molecule has 0 aromatic carbocycles. The van der Waals surface area contributed by atoms with Crippen LogP contribution in [0.5, 0.6) is 0 Å². The van der Waals surface area contributed by atoms with E-state index < -0.39 is 0 Å². The molecule has 3 N–H and O–H groups in total. The molecule has 2 aliphatic heterocycles. The third-order valence-electron chi connectivity index (χ3n) is 3.66. The standard InChI is InChI=1S/C11H21N3O/c1-8(15)13-4-5-14-10-2-3-11(14)7-9(12)6-10/h9-11H,2-7,12H2,1H3,(H,13,15). The summed E-state index contributed by atoms with van der Waals surface area (Å²) < 4.78 is 0. The predicted molar refractivity (Wildman–Crippen MR) is 59.4 cm³/mol. The van der Waals surface area contributed by atoms with Gasteiger partial charge < -0.3 is 11.1 Å². The second-order valence-electron chi connectivity index (χ2n) is 4.84. The molecule has 2 saturated heterocycles. The van der Waals surface area contributed by atoms with Gasteiger partial charge in [0, 0.05) is 38.1 Å². The monoisotopic (exact) mass is 211 g/mol. The largest absolute Gasteiger partial charge is 0.355 e. The van der Waals surface area contributed by atoms with Crippen LogP contribution in [0.1, 0.15) is 32.6 Å². The van der Waals surface area contributed by atoms with Crippen molar-refractivity contribution in [1.82, 2.24) is 10.2 Å². The van der Waals surface area contributed by atoms with Gasteiger partial charge in [-0.2, -0.15) is 0 Å². The van der Waals surface area contributed by atoms with Gasteiger partial charge in [-0.25, -0.2) is 0 Å². The highest BCUT2D eigenvalue weighted by atomic mass is 16.1. The third-order valence-corrected chi connectivity index (χ3v) is 3.66. The summed E-state index contributed by atoms with van der Waals surface area (Å²) in [5, 5.41) is 2.86. The van der Waals surface area contributed by atoms with Crippen molar-refractivity contribution in [3.63, 3.8) is 0 Å². The SMILES string of the molecule is CC(=O)NCCN1C2CCC1CC(N)C2. The van der Waals surface area contributed by atoms with Crippen molar-refractivity contribution >= 4 is 5.91 Å². The van der Waals surface area contributed by atoms with Gasteiger partial charge in [0.25, 0.3) is 0 Å². The molecule has 0 saturated carbocycles. The number of rotatable bonds is 3. The molecule has 1 amide bonds. The molecule has 0 aromatic heterocycles. The summed E-state index contributed by atoms with van der Waals surface area (Å²) in [6, 6.07) is 1.75. The fourth-order valence-corrected chi connectivity index (χ4v) is 3.04. The number of nitrogens with two attached hydrogens (primary N) is 1. The maximum Gasteiger partial charge on any atom is 0.216 e. The summed E-state index contributed by atoms with van der Waals surface area (Å²) in [5.74, 6) is 0.0658. The van der Waals surface area contributed by atoms with Crippen LogP contribution < -0.4 is 11.1 Å². The number of amides is 1. The van der Waals surface area contributed by atoms with Gasteiger partial charge in [0.2, 0.25) is 5.91 Å². The minimum Gasteiger partial charge on any atom is -0.355 e. The minimum atomic E-state index is 0.0658. The van der Waals surface area contributed by atoms with Crippen LogP contribution in [0.2, 0.25) is 0 Å². The van der Waals surface area contributed by atoms with Crippen LogP contribution in [0, 0.1) is 0 Å². The summed E-state index contributed by atoms with van der Waals surface area (Å²) in [6.07, 6.45) is 4.85. The quantitative estimate of drug-likeness (QED) is 0.695. The molecule has 15 heavy (non-hydrogen) atoms. The van der Waals surface area contributed by atoms with E-state index in [4.69, 9.17) is 5.73 Å². The number of nitrogens with one attached hydrogen (secondary N) is 1. The zero-order valence-electron chi connectivity index (χ0n) is 9.41. The molecule has 4 heteroatoms. The molecular formula is C11H21N3O. The number of carbonyl (C=O) groups excluding carboxylic acids is 1. The zero-order chi connectivity index (χ0) is 10.8. The van der Waals surface area contributed by atoms with Gasteiger partial charge in [-0.05, 0) is 25.7 Å². The first-order valence-electron chi connectivity index (χ1n) is 5.92. The van der Waals surface area contributed by atoms with Crippen molar-refractivity contribution in [1.29, 1.82) is 0 Å². The Hall–Kier alpha value is -0.610. The number of piperidine rings is 1. The third kappa shape index (κ3) is 2.49. The van der Waals surface area contributed by atoms with Crippen LogP contribution in [0.15, 0.2) is 0 Å². The number of carbonyl (C=O) groups is 1. The molecule has 0 spiro atoms. The lowest BCUT2D eigenvalue weighted by Crippen LogP contribution is -2.49. The highest BCUT2D eigenvalue weighted by Gasteiger charge is 2.38. The highest BCUT2D eigenvalue weighted by Crippen LogP contribution is 2.34. The van der Waals surface area contributed by atoms with Crippen molar-refractivity contribution in [3.8, 4) is 0 Å². The minimum absolute atomic E-state index is 0.0658. The Morgan fingerprint density at radius 2 is 2.00 bits per heavy atom. The number of fused-ring (bicyclic) bond motifs is 2. The second kappa shape index (κ2) is 4.49. The van der Waals surface area contributed by atoms with Crippen LogP contribution in [0.4, 0.5) is 0 Å². The van der Waals surface area contributed by atoms with E-state index in [9.17, 15) is 4.79 Å². The van der Waals surface area contributed by atoms with Gasteiger partial charge >= 0.3 is 0 Å². The van der Waals surface area contributed by atoms with Gasteiger partial charge in [-0.1, -0.05) is 0 Å². The number of hydrogen-bond donors (Lipinski definition) is 2. The second-order valence-corrected chi connectivity index (χ2v) is 4.84. The average molecular weight is 211 g/mol. The maximum absolute atomic E-state index is 10.8. The van der Waals surface area contributed by atoms with Crippen molar-refractivity contribution in [2.24, 2.45) is 5.73 Å². The molecule has 2 unspecified atom stereocenters. The molecular weight excluding hydrogens is 190 g/mol. The van der Waals surface area contributed by atoms with Crippen LogP contribution in [-0.2, 0) is 4.79 Å². The Bertz CT molecular complexity index is 230. The lowest BCUT2D eigenvalue weighted by molar-refractivity contribution is -0.119. The Labute approximate surface area is 91.2 Å². The maximum atomic E-state index is 10.8. The van der Waals surface area contributed by atoms with Crippen molar-refractivity contribution in [3.05, 3.63) is 0 Å². The Morgan fingerprint density at radius 3 is 2.53 bits per heavy atom. The van der Waals surface area contributed by atoms with E-state index in [-0.39, 0.29) is 5.91 Å². The molecule has 0 radical (unpaired) electrons. The molecule has 2 aliphatic rings. The van der Waals surface area contributed by atoms with E-state index >= 15 is 0 Å². The first kappa shape index (κ1) is 10.9. The van der Waals surface area contributed by atoms with E-state index in [2.05, 4.69) is 10.2 Å². The van der Waals surface area contributed by atoms with Crippen molar-refractivity contribution < 1.29 is 4.79 Å². The van der Waals surface area contributed by atoms with Crippen molar-refractivity contribution in [2.45, 2.75) is 50.7 Å². The molecule has 4 nitrogen and oxygen atoms in total. The van der Waals surface area contributed by atoms with Crippen molar-refractivity contribution in [2.75, 3.05) is 13.1 Å². The topological polar surface area (TPSA) is 58.4 Å².